The molecule has 2 N–H and O–H groups in total. The van der Waals surface area contributed by atoms with Gasteiger partial charge in [0.2, 0.25) is 0 Å². The van der Waals surface area contributed by atoms with Crippen LogP contribution in [0.1, 0.15) is 18.2 Å². The number of carboxylic acids is 1. The first kappa shape index (κ1) is 10.6. The number of carbonyl (C=O) groups is 1. The van der Waals surface area contributed by atoms with E-state index in [1.165, 1.54) is 0 Å². The summed E-state index contributed by atoms with van der Waals surface area (Å²) in [6.07, 6.45) is 1.95. The summed E-state index contributed by atoms with van der Waals surface area (Å²) in [4.78, 5) is 15.2. The van der Waals surface area contributed by atoms with Gasteiger partial charge in [0, 0.05) is 6.20 Å². The summed E-state index contributed by atoms with van der Waals surface area (Å²) >= 11 is 0. The molecule has 0 saturated carbocycles. The smallest absolute Gasteiger partial charge is 0.308 e. The van der Waals surface area contributed by atoms with Crippen LogP contribution < -0.4 is 5.32 Å². The molecule has 1 saturated heterocycles. The van der Waals surface area contributed by atoms with Crippen LogP contribution in [0.2, 0.25) is 0 Å². The average Bonchev–Trinajstić information content (AvgIpc) is 2.74. The molecule has 1 aromatic rings. The Morgan fingerprint density at radius 1 is 1.62 bits per heavy atom. The fourth-order valence-corrected chi connectivity index (χ4v) is 1.98. The Morgan fingerprint density at radius 3 is 3.00 bits per heavy atom. The predicted octanol–water partition coefficient (Wildman–Crippen LogP) is 0.709. The lowest BCUT2D eigenvalue weighted by Gasteiger charge is -2.14. The molecule has 0 radical (unpaired) electrons. The number of aromatic nitrogens is 1. The van der Waals surface area contributed by atoms with Crippen molar-refractivity contribution < 1.29 is 9.90 Å². The number of nitrogens with one attached hydrogen (secondary N) is 1. The number of nitriles is 1. The zero-order chi connectivity index (χ0) is 11.5. The summed E-state index contributed by atoms with van der Waals surface area (Å²) < 4.78 is 0. The minimum absolute atomic E-state index is 0.326. The minimum Gasteiger partial charge on any atom is -0.481 e. The molecule has 82 valence electrons. The third kappa shape index (κ3) is 1.88. The van der Waals surface area contributed by atoms with Crippen molar-refractivity contribution in [2.45, 2.75) is 18.5 Å². The summed E-state index contributed by atoms with van der Waals surface area (Å²) in [6, 6.07) is 6.62. The van der Waals surface area contributed by atoms with E-state index in [1.807, 2.05) is 12.1 Å². The first-order chi connectivity index (χ1) is 7.72. The second-order valence-corrected chi connectivity index (χ2v) is 3.76. The van der Waals surface area contributed by atoms with Crippen molar-refractivity contribution in [1.29, 1.82) is 5.26 Å². The van der Waals surface area contributed by atoms with Crippen LogP contribution in [-0.4, -0.2) is 22.1 Å². The van der Waals surface area contributed by atoms with Gasteiger partial charge in [0.25, 0.3) is 0 Å². The molecule has 0 bridgehead atoms. The number of aliphatic carboxylic acids is 1. The van der Waals surface area contributed by atoms with Gasteiger partial charge < -0.3 is 5.11 Å². The average molecular weight is 217 g/mol. The van der Waals surface area contributed by atoms with Gasteiger partial charge in [-0.15, -0.1) is 0 Å². The summed E-state index contributed by atoms with van der Waals surface area (Å²) in [7, 11) is 0. The molecule has 1 fully saturated rings. The van der Waals surface area contributed by atoms with Crippen molar-refractivity contribution in [2.75, 3.05) is 0 Å². The fourth-order valence-electron chi connectivity index (χ4n) is 1.98. The Labute approximate surface area is 92.7 Å². The molecular formula is C11H11N3O2. The van der Waals surface area contributed by atoms with Crippen molar-refractivity contribution in [3.05, 3.63) is 30.1 Å². The molecule has 16 heavy (non-hydrogen) atoms. The highest BCUT2D eigenvalue weighted by Gasteiger charge is 2.39. The summed E-state index contributed by atoms with van der Waals surface area (Å²) in [5.41, 5.74) is 0.674. The van der Waals surface area contributed by atoms with Crippen LogP contribution in [0.4, 0.5) is 0 Å². The van der Waals surface area contributed by atoms with Crippen molar-refractivity contribution >= 4 is 5.97 Å². The van der Waals surface area contributed by atoms with E-state index in [2.05, 4.69) is 10.3 Å². The molecule has 0 aromatic carbocycles. The fraction of sp³-hybridized carbons (Fsp3) is 0.364. The zero-order valence-corrected chi connectivity index (χ0v) is 8.50. The second-order valence-electron chi connectivity index (χ2n) is 3.76. The number of hydrogen-bond acceptors (Lipinski definition) is 4. The van der Waals surface area contributed by atoms with Crippen molar-refractivity contribution in [1.82, 2.24) is 10.3 Å². The van der Waals surface area contributed by atoms with Gasteiger partial charge in [0.15, 0.2) is 0 Å². The molecule has 1 aliphatic heterocycles. The van der Waals surface area contributed by atoms with E-state index >= 15 is 0 Å². The molecule has 1 aromatic heterocycles. The Morgan fingerprint density at radius 2 is 2.44 bits per heavy atom. The predicted molar refractivity (Wildman–Crippen MR) is 55.3 cm³/mol. The monoisotopic (exact) mass is 217 g/mol. The molecule has 0 spiro atoms. The topological polar surface area (TPSA) is 86.0 Å². The van der Waals surface area contributed by atoms with E-state index in [4.69, 9.17) is 10.4 Å². The molecule has 5 nitrogen and oxygen atoms in total. The molecule has 0 amide bonds. The number of rotatable bonds is 2. The Hall–Kier alpha value is -1.93. The number of pyridine rings is 1. The van der Waals surface area contributed by atoms with Crippen LogP contribution >= 0.6 is 0 Å². The molecular weight excluding hydrogens is 206 g/mol. The zero-order valence-electron chi connectivity index (χ0n) is 8.50. The highest BCUT2D eigenvalue weighted by Crippen LogP contribution is 2.31. The van der Waals surface area contributed by atoms with Gasteiger partial charge >= 0.3 is 5.97 Å². The number of nitrogens with zero attached hydrogens (tertiary/aromatic N) is 2. The van der Waals surface area contributed by atoms with E-state index in [-0.39, 0.29) is 6.04 Å². The third-order valence-electron chi connectivity index (χ3n) is 2.75. The SMILES string of the molecule is N#CC1CC(C(=O)O)C(c2ccccn2)N1. The normalized spacial score (nSPS) is 28.6. The van der Waals surface area contributed by atoms with Crippen LogP contribution in [0.3, 0.4) is 0 Å². The van der Waals surface area contributed by atoms with Crippen LogP contribution in [0.25, 0.3) is 0 Å². The summed E-state index contributed by atoms with van der Waals surface area (Å²) in [5, 5.41) is 20.9. The first-order valence-corrected chi connectivity index (χ1v) is 5.02. The van der Waals surface area contributed by atoms with Crippen LogP contribution in [-0.2, 0) is 4.79 Å². The Bertz CT molecular complexity index is 427. The van der Waals surface area contributed by atoms with Crippen molar-refractivity contribution in [2.24, 2.45) is 5.92 Å². The highest BCUT2D eigenvalue weighted by molar-refractivity contribution is 5.72. The van der Waals surface area contributed by atoms with Gasteiger partial charge in [-0.25, -0.2) is 0 Å². The highest BCUT2D eigenvalue weighted by atomic mass is 16.4. The second kappa shape index (κ2) is 4.29. The lowest BCUT2D eigenvalue weighted by molar-refractivity contribution is -0.142. The van der Waals surface area contributed by atoms with E-state index < -0.39 is 17.9 Å². The van der Waals surface area contributed by atoms with E-state index in [9.17, 15) is 4.79 Å². The molecule has 3 atom stereocenters. The molecule has 2 heterocycles. The van der Waals surface area contributed by atoms with E-state index in [0.717, 1.165) is 0 Å². The lowest BCUT2D eigenvalue weighted by atomic mass is 9.97. The maximum absolute atomic E-state index is 11.1. The van der Waals surface area contributed by atoms with Gasteiger partial charge in [0.05, 0.1) is 29.8 Å². The van der Waals surface area contributed by atoms with Crippen LogP contribution in [0, 0.1) is 17.2 Å². The molecule has 5 heteroatoms. The van der Waals surface area contributed by atoms with Crippen molar-refractivity contribution in [3.8, 4) is 6.07 Å². The van der Waals surface area contributed by atoms with Gasteiger partial charge in [-0.3, -0.25) is 15.1 Å². The first-order valence-electron chi connectivity index (χ1n) is 5.02. The lowest BCUT2D eigenvalue weighted by Crippen LogP contribution is -2.26. The Kier molecular flexibility index (Phi) is 2.84. The van der Waals surface area contributed by atoms with Gasteiger partial charge in [0.1, 0.15) is 0 Å². The standard InChI is InChI=1S/C11H11N3O2/c12-6-7-5-8(11(15)16)10(14-7)9-3-1-2-4-13-9/h1-4,7-8,10,14H,5H2,(H,15,16). The van der Waals surface area contributed by atoms with Crippen LogP contribution in [0.15, 0.2) is 24.4 Å². The van der Waals surface area contributed by atoms with Gasteiger partial charge in [-0.2, -0.15) is 5.26 Å². The Balaban J connectivity index is 2.26. The minimum atomic E-state index is -0.888. The van der Waals surface area contributed by atoms with Crippen LogP contribution in [0.5, 0.6) is 0 Å². The summed E-state index contributed by atoms with van der Waals surface area (Å²) in [6.45, 7) is 0. The maximum atomic E-state index is 11.1. The quantitative estimate of drug-likeness (QED) is 0.761. The van der Waals surface area contributed by atoms with E-state index in [1.54, 1.807) is 18.3 Å². The van der Waals surface area contributed by atoms with Gasteiger partial charge in [-0.05, 0) is 18.6 Å². The summed E-state index contributed by atoms with van der Waals surface area (Å²) in [5.74, 6) is -1.47. The largest absolute Gasteiger partial charge is 0.481 e. The van der Waals surface area contributed by atoms with E-state index in [0.29, 0.717) is 12.1 Å². The molecule has 3 unspecified atom stereocenters. The maximum Gasteiger partial charge on any atom is 0.308 e. The molecule has 2 rings (SSSR count). The van der Waals surface area contributed by atoms with Crippen molar-refractivity contribution in [3.63, 3.8) is 0 Å². The van der Waals surface area contributed by atoms with Gasteiger partial charge in [-0.1, -0.05) is 6.07 Å². The molecule has 0 aliphatic carbocycles. The number of carboxylic acid groups (broad SMARTS) is 1. The number of hydrogen-bond donors (Lipinski definition) is 2. The molecule has 1 aliphatic rings. The third-order valence-corrected chi connectivity index (χ3v) is 2.75.